The van der Waals surface area contributed by atoms with E-state index >= 15 is 0 Å². The van der Waals surface area contributed by atoms with Gasteiger partial charge in [0.15, 0.2) is 0 Å². The Morgan fingerprint density at radius 2 is 1.33 bits per heavy atom. The van der Waals surface area contributed by atoms with Crippen LogP contribution < -0.4 is 0 Å². The summed E-state index contributed by atoms with van der Waals surface area (Å²) in [5, 5.41) is 0.427. The largest absolute Gasteiger partial charge is 0.359 e. The molecule has 1 aromatic rings. The van der Waals surface area contributed by atoms with Crippen LogP contribution in [-0.4, -0.2) is 22.8 Å². The highest BCUT2D eigenvalue weighted by Gasteiger charge is 2.43. The number of carbonyl (C=O) groups excluding carboxylic acids is 3. The number of hydrogen-bond acceptors (Lipinski definition) is 4. The van der Waals surface area contributed by atoms with E-state index < -0.39 is 17.8 Å². The summed E-state index contributed by atoms with van der Waals surface area (Å²) < 4.78 is 1.89. The zero-order valence-electron chi connectivity index (χ0n) is 10.3. The SMILES string of the molecule is C=C(C)C(=O)ON1C(=O)c2c(Br)c(Br)c(Br)c(Br)c2C1=O. The van der Waals surface area contributed by atoms with Gasteiger partial charge in [-0.05, 0) is 70.6 Å². The van der Waals surface area contributed by atoms with Crippen LogP contribution in [0, 0.1) is 0 Å². The van der Waals surface area contributed by atoms with Gasteiger partial charge < -0.3 is 4.84 Å². The first-order valence-electron chi connectivity index (χ1n) is 5.31. The number of halogens is 4. The topological polar surface area (TPSA) is 63.7 Å². The van der Waals surface area contributed by atoms with E-state index in [0.717, 1.165) is 0 Å². The van der Waals surface area contributed by atoms with Crippen molar-refractivity contribution in [2.45, 2.75) is 6.92 Å². The van der Waals surface area contributed by atoms with Gasteiger partial charge in [0.2, 0.25) is 0 Å². The van der Waals surface area contributed by atoms with E-state index in [0.29, 0.717) is 23.0 Å². The monoisotopic (exact) mass is 543 g/mol. The summed E-state index contributed by atoms with van der Waals surface area (Å²) in [6.07, 6.45) is 0. The van der Waals surface area contributed by atoms with E-state index in [9.17, 15) is 14.4 Å². The van der Waals surface area contributed by atoms with Gasteiger partial charge in [-0.1, -0.05) is 11.6 Å². The molecule has 0 bridgehead atoms. The number of amides is 2. The van der Waals surface area contributed by atoms with Crippen LogP contribution in [-0.2, 0) is 9.63 Å². The third-order valence-corrected chi connectivity index (χ3v) is 7.35. The molecule has 0 atom stereocenters. The van der Waals surface area contributed by atoms with E-state index in [1.807, 2.05) is 0 Å². The minimum atomic E-state index is -0.852. The first-order valence-corrected chi connectivity index (χ1v) is 8.48. The predicted octanol–water partition coefficient (Wildman–Crippen LogP) is 4.37. The van der Waals surface area contributed by atoms with Gasteiger partial charge >= 0.3 is 5.97 Å². The van der Waals surface area contributed by atoms with Crippen molar-refractivity contribution in [2.75, 3.05) is 0 Å². The molecule has 110 valence electrons. The van der Waals surface area contributed by atoms with Gasteiger partial charge in [-0.2, -0.15) is 0 Å². The van der Waals surface area contributed by atoms with Crippen molar-refractivity contribution < 1.29 is 19.2 Å². The molecule has 1 aliphatic heterocycles. The van der Waals surface area contributed by atoms with Gasteiger partial charge in [-0.25, -0.2) is 4.79 Å². The van der Waals surface area contributed by atoms with Crippen molar-refractivity contribution in [3.05, 3.63) is 41.2 Å². The van der Waals surface area contributed by atoms with Crippen molar-refractivity contribution in [2.24, 2.45) is 0 Å². The zero-order valence-corrected chi connectivity index (χ0v) is 16.6. The molecule has 21 heavy (non-hydrogen) atoms. The Bertz CT molecular complexity index is 682. The number of fused-ring (bicyclic) bond motifs is 1. The number of benzene rings is 1. The highest BCUT2D eigenvalue weighted by atomic mass is 79.9. The molecule has 0 saturated carbocycles. The lowest BCUT2D eigenvalue weighted by molar-refractivity contribution is -0.163. The average Bonchev–Trinajstić information content (AvgIpc) is 2.67. The molecule has 0 aromatic heterocycles. The maximum atomic E-state index is 12.3. The van der Waals surface area contributed by atoms with Gasteiger partial charge in [0.1, 0.15) is 0 Å². The third kappa shape index (κ3) is 2.64. The molecule has 0 saturated heterocycles. The van der Waals surface area contributed by atoms with Gasteiger partial charge in [-0.3, -0.25) is 9.59 Å². The number of rotatable bonds is 2. The van der Waals surface area contributed by atoms with Crippen molar-refractivity contribution in [3.8, 4) is 0 Å². The fourth-order valence-electron chi connectivity index (χ4n) is 1.57. The highest BCUT2D eigenvalue weighted by Crippen LogP contribution is 2.45. The lowest BCUT2D eigenvalue weighted by Crippen LogP contribution is -2.32. The van der Waals surface area contributed by atoms with Crippen LogP contribution >= 0.6 is 63.7 Å². The van der Waals surface area contributed by atoms with Crippen molar-refractivity contribution in [1.29, 1.82) is 0 Å². The van der Waals surface area contributed by atoms with Crippen LogP contribution in [0.1, 0.15) is 27.6 Å². The molecule has 0 aliphatic carbocycles. The van der Waals surface area contributed by atoms with Crippen LogP contribution in [0.25, 0.3) is 0 Å². The predicted molar refractivity (Wildman–Crippen MR) is 88.6 cm³/mol. The second-order valence-electron chi connectivity index (χ2n) is 4.07. The summed E-state index contributed by atoms with van der Waals surface area (Å²) in [6.45, 7) is 4.82. The van der Waals surface area contributed by atoms with Crippen LogP contribution in [0.4, 0.5) is 0 Å². The lowest BCUT2D eigenvalue weighted by Gasteiger charge is -2.12. The quantitative estimate of drug-likeness (QED) is 0.239. The average molecular weight is 547 g/mol. The molecule has 2 rings (SSSR count). The highest BCUT2D eigenvalue weighted by molar-refractivity contribution is 9.15. The van der Waals surface area contributed by atoms with E-state index in [4.69, 9.17) is 4.84 Å². The first-order chi connectivity index (χ1) is 9.68. The summed E-state index contributed by atoms with van der Waals surface area (Å²) in [7, 11) is 0. The molecule has 0 fully saturated rings. The Kier molecular flexibility index (Phi) is 4.77. The molecule has 0 unspecified atom stereocenters. The number of hydrogen-bond donors (Lipinski definition) is 0. The number of carbonyl (C=O) groups is 3. The molecule has 9 heteroatoms. The second-order valence-corrected chi connectivity index (χ2v) is 7.24. The van der Waals surface area contributed by atoms with E-state index in [1.54, 1.807) is 0 Å². The van der Waals surface area contributed by atoms with Gasteiger partial charge in [0, 0.05) is 23.5 Å². The molecule has 2 amide bonds. The molecule has 1 aliphatic rings. The fourth-order valence-corrected chi connectivity index (χ4v) is 4.03. The molecule has 1 aromatic carbocycles. The maximum Gasteiger partial charge on any atom is 0.359 e. The summed E-state index contributed by atoms with van der Waals surface area (Å²) in [5.41, 5.74) is 0.292. The van der Waals surface area contributed by atoms with Gasteiger partial charge in [0.25, 0.3) is 11.8 Å². The van der Waals surface area contributed by atoms with Crippen molar-refractivity contribution in [3.63, 3.8) is 0 Å². The molecule has 0 N–H and O–H groups in total. The van der Waals surface area contributed by atoms with Gasteiger partial charge in [0.05, 0.1) is 11.1 Å². The minimum absolute atomic E-state index is 0.0760. The van der Waals surface area contributed by atoms with Crippen molar-refractivity contribution in [1.82, 2.24) is 5.06 Å². The van der Waals surface area contributed by atoms with Gasteiger partial charge in [-0.15, -0.1) is 0 Å². The van der Waals surface area contributed by atoms with Crippen LogP contribution in [0.5, 0.6) is 0 Å². The molecule has 0 radical (unpaired) electrons. The minimum Gasteiger partial charge on any atom is -0.325 e. The second kappa shape index (κ2) is 5.94. The Labute approximate surface area is 153 Å². The standard InChI is InChI=1S/C12H5Br4NO4/c1-3(2)12(20)21-17-10(18)4-5(11(17)19)7(14)9(16)8(15)6(4)13/h1H2,2H3. The number of hydroxylamine groups is 2. The number of imide groups is 1. The zero-order chi connectivity index (χ0) is 16.1. The van der Waals surface area contributed by atoms with E-state index in [-0.39, 0.29) is 16.7 Å². The summed E-state index contributed by atoms with van der Waals surface area (Å²) in [5.74, 6) is -2.31. The Morgan fingerprint density at radius 1 is 0.952 bits per heavy atom. The summed E-state index contributed by atoms with van der Waals surface area (Å²) in [4.78, 5) is 41.0. The molecular weight excluding hydrogens is 542 g/mol. The van der Waals surface area contributed by atoms with Crippen molar-refractivity contribution >= 4 is 81.5 Å². The van der Waals surface area contributed by atoms with Crippen LogP contribution in [0.15, 0.2) is 30.0 Å². The maximum absolute atomic E-state index is 12.3. The summed E-state index contributed by atoms with van der Waals surface area (Å²) in [6, 6.07) is 0. The molecule has 0 spiro atoms. The molecular formula is C12H5Br4NO4. The third-order valence-electron chi connectivity index (χ3n) is 2.59. The lowest BCUT2D eigenvalue weighted by atomic mass is 10.1. The Morgan fingerprint density at radius 3 is 1.67 bits per heavy atom. The molecule has 1 heterocycles. The normalized spacial score (nSPS) is 13.5. The van der Waals surface area contributed by atoms with E-state index in [1.165, 1.54) is 6.92 Å². The first kappa shape index (κ1) is 16.9. The molecule has 5 nitrogen and oxygen atoms in total. The summed E-state index contributed by atoms with van der Waals surface area (Å²) >= 11 is 13.1. The Balaban J connectivity index is 2.58. The van der Waals surface area contributed by atoms with E-state index in [2.05, 4.69) is 70.3 Å². The Hall–Kier alpha value is -0.510. The van der Waals surface area contributed by atoms with Crippen LogP contribution in [0.3, 0.4) is 0 Å². The number of nitrogens with zero attached hydrogens (tertiary/aromatic N) is 1. The fraction of sp³-hybridized carbons (Fsp3) is 0.0833. The smallest absolute Gasteiger partial charge is 0.325 e. The van der Waals surface area contributed by atoms with Crippen LogP contribution in [0.2, 0.25) is 0 Å².